The molecule has 2 aliphatic rings. The summed E-state index contributed by atoms with van der Waals surface area (Å²) < 4.78 is 5.14. The number of rotatable bonds is 5. The predicted octanol–water partition coefficient (Wildman–Crippen LogP) is 3.25. The van der Waals surface area contributed by atoms with Crippen molar-refractivity contribution in [3.05, 3.63) is 29.8 Å². The highest BCUT2D eigenvalue weighted by Crippen LogP contribution is 2.23. The summed E-state index contributed by atoms with van der Waals surface area (Å²) in [5, 5.41) is 0. The summed E-state index contributed by atoms with van der Waals surface area (Å²) in [6.07, 6.45) is 6.92. The summed E-state index contributed by atoms with van der Waals surface area (Å²) in [5.74, 6) is 1.00. The van der Waals surface area contributed by atoms with Crippen molar-refractivity contribution in [3.63, 3.8) is 0 Å². The van der Waals surface area contributed by atoms with Gasteiger partial charge in [0.05, 0.1) is 13.7 Å². The second kappa shape index (κ2) is 9.40. The van der Waals surface area contributed by atoms with E-state index < -0.39 is 0 Å². The molecule has 0 radical (unpaired) electrons. The summed E-state index contributed by atoms with van der Waals surface area (Å²) in [5.41, 5.74) is 0.778. The van der Waals surface area contributed by atoms with Crippen LogP contribution in [0, 0.1) is 0 Å². The van der Waals surface area contributed by atoms with E-state index in [-0.39, 0.29) is 18.2 Å². The van der Waals surface area contributed by atoms with E-state index in [1.807, 2.05) is 24.3 Å². The Bertz CT molecular complexity index is 507. The quantitative estimate of drug-likeness (QED) is 0.761. The van der Waals surface area contributed by atoms with Crippen molar-refractivity contribution in [1.82, 2.24) is 9.80 Å². The fraction of sp³-hybridized carbons (Fsp3) is 0.632. The SMILES string of the molecule is COc1ccc(C(=O)CN2CCN(C3CCCCC3)CC2)cc1.Cl. The summed E-state index contributed by atoms with van der Waals surface area (Å²) in [7, 11) is 1.64. The maximum absolute atomic E-state index is 12.4. The number of methoxy groups -OCH3 is 1. The lowest BCUT2D eigenvalue weighted by Crippen LogP contribution is -2.51. The molecule has 0 atom stereocenters. The Morgan fingerprint density at radius 2 is 1.67 bits per heavy atom. The van der Waals surface area contributed by atoms with Gasteiger partial charge < -0.3 is 4.74 Å². The molecule has 0 unspecified atom stereocenters. The Balaban J connectivity index is 0.00000208. The molecule has 0 bridgehead atoms. The molecule has 1 heterocycles. The minimum atomic E-state index is 0. The highest BCUT2D eigenvalue weighted by Gasteiger charge is 2.25. The van der Waals surface area contributed by atoms with Gasteiger partial charge in [-0.2, -0.15) is 0 Å². The third kappa shape index (κ3) is 4.95. The van der Waals surface area contributed by atoms with Gasteiger partial charge in [-0.15, -0.1) is 12.4 Å². The predicted molar refractivity (Wildman–Crippen MR) is 99.5 cm³/mol. The first-order chi connectivity index (χ1) is 11.3. The van der Waals surface area contributed by atoms with E-state index in [9.17, 15) is 4.79 Å². The zero-order chi connectivity index (χ0) is 16.1. The molecule has 1 aromatic rings. The zero-order valence-electron chi connectivity index (χ0n) is 14.6. The number of carbonyl (C=O) groups is 1. The highest BCUT2D eigenvalue weighted by atomic mass is 35.5. The number of hydrogen-bond donors (Lipinski definition) is 0. The molecule has 4 nitrogen and oxygen atoms in total. The van der Waals surface area contributed by atoms with Crippen LogP contribution in [0.5, 0.6) is 5.75 Å². The largest absolute Gasteiger partial charge is 0.497 e. The lowest BCUT2D eigenvalue weighted by atomic mass is 9.94. The van der Waals surface area contributed by atoms with Gasteiger partial charge in [0, 0.05) is 37.8 Å². The van der Waals surface area contributed by atoms with E-state index in [2.05, 4.69) is 9.80 Å². The number of ether oxygens (including phenoxy) is 1. The van der Waals surface area contributed by atoms with Crippen LogP contribution in [0.2, 0.25) is 0 Å². The topological polar surface area (TPSA) is 32.8 Å². The van der Waals surface area contributed by atoms with Crippen LogP contribution in [0.1, 0.15) is 42.5 Å². The van der Waals surface area contributed by atoms with E-state index in [1.165, 1.54) is 32.1 Å². The molecule has 0 spiro atoms. The number of hydrogen-bond acceptors (Lipinski definition) is 4. The van der Waals surface area contributed by atoms with E-state index in [0.717, 1.165) is 43.5 Å². The van der Waals surface area contributed by atoms with Gasteiger partial charge in [0.2, 0.25) is 0 Å². The molecular formula is C19H29ClN2O2. The number of piperazine rings is 1. The first kappa shape index (κ1) is 19.2. The van der Waals surface area contributed by atoms with E-state index in [0.29, 0.717) is 6.54 Å². The average molecular weight is 353 g/mol. The van der Waals surface area contributed by atoms with Gasteiger partial charge in [0.1, 0.15) is 5.75 Å². The van der Waals surface area contributed by atoms with Gasteiger partial charge in [0.25, 0.3) is 0 Å². The highest BCUT2D eigenvalue weighted by molar-refractivity contribution is 5.97. The monoisotopic (exact) mass is 352 g/mol. The van der Waals surface area contributed by atoms with Crippen molar-refractivity contribution in [1.29, 1.82) is 0 Å². The lowest BCUT2D eigenvalue weighted by molar-refractivity contribution is 0.0691. The molecular weight excluding hydrogens is 324 g/mol. The Labute approximate surface area is 151 Å². The van der Waals surface area contributed by atoms with E-state index in [4.69, 9.17) is 4.74 Å². The number of ketones is 1. The van der Waals surface area contributed by atoms with Crippen molar-refractivity contribution >= 4 is 18.2 Å². The van der Waals surface area contributed by atoms with E-state index in [1.54, 1.807) is 7.11 Å². The average Bonchev–Trinajstić information content (AvgIpc) is 2.63. The fourth-order valence-electron chi connectivity index (χ4n) is 3.80. The third-order valence-corrected chi connectivity index (χ3v) is 5.28. The third-order valence-electron chi connectivity index (χ3n) is 5.28. The molecule has 134 valence electrons. The maximum atomic E-state index is 12.4. The Kier molecular flexibility index (Phi) is 7.53. The second-order valence-corrected chi connectivity index (χ2v) is 6.76. The lowest BCUT2D eigenvalue weighted by Gasteiger charge is -2.40. The summed E-state index contributed by atoms with van der Waals surface area (Å²) in [6.45, 7) is 4.78. The molecule has 5 heteroatoms. The van der Waals surface area contributed by atoms with Crippen LogP contribution in [0.3, 0.4) is 0 Å². The molecule has 0 N–H and O–H groups in total. The summed E-state index contributed by atoms with van der Waals surface area (Å²) >= 11 is 0. The molecule has 0 amide bonds. The first-order valence-corrected chi connectivity index (χ1v) is 8.90. The molecule has 1 aromatic carbocycles. The standard InChI is InChI=1S/C19H28N2O2.ClH/c1-23-18-9-7-16(8-10-18)19(22)15-20-11-13-21(14-12-20)17-5-3-2-4-6-17;/h7-10,17H,2-6,11-15H2,1H3;1H. The van der Waals surface area contributed by atoms with Gasteiger partial charge in [-0.25, -0.2) is 0 Å². The molecule has 3 rings (SSSR count). The Morgan fingerprint density at radius 3 is 2.25 bits per heavy atom. The smallest absolute Gasteiger partial charge is 0.176 e. The van der Waals surface area contributed by atoms with Crippen molar-refractivity contribution < 1.29 is 9.53 Å². The van der Waals surface area contributed by atoms with Crippen LogP contribution in [0.25, 0.3) is 0 Å². The number of nitrogens with zero attached hydrogens (tertiary/aromatic N) is 2. The van der Waals surface area contributed by atoms with Crippen molar-refractivity contribution in [3.8, 4) is 5.75 Å². The van der Waals surface area contributed by atoms with Gasteiger partial charge in [-0.3, -0.25) is 14.6 Å². The Hall–Kier alpha value is -1.10. The minimum absolute atomic E-state index is 0. The zero-order valence-corrected chi connectivity index (χ0v) is 15.4. The van der Waals surface area contributed by atoms with Crippen LogP contribution < -0.4 is 4.74 Å². The molecule has 2 fully saturated rings. The normalized spacial score (nSPS) is 20.4. The molecule has 1 saturated carbocycles. The summed E-state index contributed by atoms with van der Waals surface area (Å²) in [6, 6.07) is 8.23. The van der Waals surface area contributed by atoms with Crippen LogP contribution in [-0.4, -0.2) is 61.5 Å². The number of benzene rings is 1. The van der Waals surface area contributed by atoms with Crippen molar-refractivity contribution in [2.75, 3.05) is 39.8 Å². The second-order valence-electron chi connectivity index (χ2n) is 6.76. The van der Waals surface area contributed by atoms with Gasteiger partial charge in [0.15, 0.2) is 5.78 Å². The van der Waals surface area contributed by atoms with Crippen molar-refractivity contribution in [2.45, 2.75) is 38.1 Å². The van der Waals surface area contributed by atoms with Gasteiger partial charge >= 0.3 is 0 Å². The molecule has 1 saturated heterocycles. The van der Waals surface area contributed by atoms with Crippen LogP contribution in [0.15, 0.2) is 24.3 Å². The maximum Gasteiger partial charge on any atom is 0.176 e. The molecule has 1 aliphatic carbocycles. The number of Topliss-reactive ketones (excluding diaryl/α,β-unsaturated/α-hetero) is 1. The van der Waals surface area contributed by atoms with Gasteiger partial charge in [-0.1, -0.05) is 19.3 Å². The number of carbonyl (C=O) groups excluding carboxylic acids is 1. The van der Waals surface area contributed by atoms with Crippen LogP contribution >= 0.6 is 12.4 Å². The summed E-state index contributed by atoms with van der Waals surface area (Å²) in [4.78, 5) is 17.3. The van der Waals surface area contributed by atoms with Crippen LogP contribution in [0.4, 0.5) is 0 Å². The Morgan fingerprint density at radius 1 is 1.04 bits per heavy atom. The molecule has 1 aliphatic heterocycles. The first-order valence-electron chi connectivity index (χ1n) is 8.90. The number of halogens is 1. The molecule has 0 aromatic heterocycles. The van der Waals surface area contributed by atoms with Gasteiger partial charge in [-0.05, 0) is 37.1 Å². The minimum Gasteiger partial charge on any atom is -0.497 e. The fourth-order valence-corrected chi connectivity index (χ4v) is 3.80. The molecule has 24 heavy (non-hydrogen) atoms. The van der Waals surface area contributed by atoms with Crippen molar-refractivity contribution in [2.24, 2.45) is 0 Å². The van der Waals surface area contributed by atoms with Crippen LogP contribution in [-0.2, 0) is 0 Å². The van der Waals surface area contributed by atoms with E-state index >= 15 is 0 Å².